The minimum Gasteiger partial charge on any atom is -0.508 e. The molecule has 0 aliphatic carbocycles. The number of para-hydroxylation sites is 1. The lowest BCUT2D eigenvalue weighted by molar-refractivity contribution is 0.475. The van der Waals surface area contributed by atoms with Crippen molar-refractivity contribution in [3.63, 3.8) is 0 Å². The molecule has 2 aromatic heterocycles. The Balaban J connectivity index is 2.19. The Morgan fingerprint density at radius 2 is 1.76 bits per heavy atom. The number of phenols is 1. The van der Waals surface area contributed by atoms with Crippen LogP contribution in [-0.4, -0.2) is 14.0 Å². The lowest BCUT2D eigenvalue weighted by Gasteiger charge is -2.08. The molecule has 0 aliphatic rings. The first-order valence-electron chi connectivity index (χ1n) is 7.88. The Morgan fingerprint density at radius 1 is 1.04 bits per heavy atom. The number of fused-ring (bicyclic) bond motifs is 1. The minimum absolute atomic E-state index is 0.221. The largest absolute Gasteiger partial charge is 0.508 e. The van der Waals surface area contributed by atoms with Crippen molar-refractivity contribution in [1.82, 2.24) is 8.94 Å². The van der Waals surface area contributed by atoms with E-state index in [1.165, 1.54) is 11.5 Å². The molecule has 1 N–H and O–H groups in total. The van der Waals surface area contributed by atoms with E-state index >= 15 is 0 Å². The van der Waals surface area contributed by atoms with E-state index in [4.69, 9.17) is 0 Å². The van der Waals surface area contributed by atoms with Gasteiger partial charge >= 0.3 is 0 Å². The molecule has 2 aromatic carbocycles. The zero-order valence-corrected chi connectivity index (χ0v) is 14.6. The Hall–Kier alpha value is -3.10. The van der Waals surface area contributed by atoms with E-state index in [1.807, 2.05) is 50.2 Å². The number of aryl methyl sites for hydroxylation is 2. The average Bonchev–Trinajstić information content (AvgIpc) is 3.12. The van der Waals surface area contributed by atoms with Crippen molar-refractivity contribution in [3.05, 3.63) is 59.1 Å². The number of nitrogens with zero attached hydrogens (tertiary/aromatic N) is 3. The summed E-state index contributed by atoms with van der Waals surface area (Å²) in [5.74, 6) is 0.221. The second kappa shape index (κ2) is 5.76. The van der Waals surface area contributed by atoms with Crippen LogP contribution in [0.2, 0.25) is 0 Å². The second-order valence-corrected chi connectivity index (χ2v) is 6.90. The van der Waals surface area contributed by atoms with E-state index < -0.39 is 0 Å². The molecular formula is C20H15N3OS. The van der Waals surface area contributed by atoms with Crippen LogP contribution < -0.4 is 0 Å². The third kappa shape index (κ3) is 2.31. The normalized spacial score (nSPS) is 10.9. The summed E-state index contributed by atoms with van der Waals surface area (Å²) < 4.78 is 6.15. The fourth-order valence-corrected chi connectivity index (χ4v) is 4.02. The van der Waals surface area contributed by atoms with Crippen LogP contribution >= 0.6 is 11.5 Å². The van der Waals surface area contributed by atoms with Crippen molar-refractivity contribution in [1.29, 1.82) is 5.26 Å². The summed E-state index contributed by atoms with van der Waals surface area (Å²) in [4.78, 5) is 1.08. The van der Waals surface area contributed by atoms with Crippen molar-refractivity contribution in [2.75, 3.05) is 0 Å². The molecule has 0 aliphatic heterocycles. The van der Waals surface area contributed by atoms with Gasteiger partial charge in [-0.25, -0.2) is 4.57 Å². The predicted molar refractivity (Wildman–Crippen MR) is 101 cm³/mol. The van der Waals surface area contributed by atoms with Crippen LogP contribution in [0.3, 0.4) is 0 Å². The van der Waals surface area contributed by atoms with E-state index in [-0.39, 0.29) is 5.75 Å². The van der Waals surface area contributed by atoms with Crippen LogP contribution in [0.4, 0.5) is 0 Å². The number of phenolic OH excluding ortho intramolecular Hbond substituents is 1. The first-order valence-corrected chi connectivity index (χ1v) is 8.65. The fourth-order valence-electron chi connectivity index (χ4n) is 3.32. The molecule has 25 heavy (non-hydrogen) atoms. The molecule has 4 aromatic rings. The summed E-state index contributed by atoms with van der Waals surface area (Å²) in [5, 5.41) is 20.5. The van der Waals surface area contributed by atoms with E-state index in [2.05, 4.69) is 10.6 Å². The quantitative estimate of drug-likeness (QED) is 0.551. The Morgan fingerprint density at radius 3 is 2.40 bits per heavy atom. The molecule has 0 amide bonds. The van der Waals surface area contributed by atoms with E-state index in [0.717, 1.165) is 43.9 Å². The maximum Gasteiger partial charge on any atom is 0.189 e. The lowest BCUT2D eigenvalue weighted by Crippen LogP contribution is -1.94. The van der Waals surface area contributed by atoms with Crippen molar-refractivity contribution >= 4 is 22.4 Å². The standard InChI is InChI=1S/C20H15N3OS/c1-12-18(13(2)25-22-12)20-19(14-7-9-15(24)10-8-14)16-5-3-4-6-17(16)23(20)11-21/h3-10,24H,1-2H3. The summed E-state index contributed by atoms with van der Waals surface area (Å²) in [6, 6.07) is 15.0. The number of nitriles is 1. The number of rotatable bonds is 2. The van der Waals surface area contributed by atoms with Gasteiger partial charge in [0.2, 0.25) is 0 Å². The molecule has 0 saturated heterocycles. The van der Waals surface area contributed by atoms with Crippen LogP contribution in [0.15, 0.2) is 48.5 Å². The molecule has 0 bridgehead atoms. The molecule has 0 unspecified atom stereocenters. The molecule has 0 fully saturated rings. The van der Waals surface area contributed by atoms with Gasteiger partial charge in [-0.1, -0.05) is 30.3 Å². The van der Waals surface area contributed by atoms with Crippen LogP contribution in [0.25, 0.3) is 33.3 Å². The lowest BCUT2D eigenvalue weighted by atomic mass is 9.97. The van der Waals surface area contributed by atoms with Gasteiger partial charge in [-0.2, -0.15) is 9.64 Å². The Kier molecular flexibility index (Phi) is 3.56. The highest BCUT2D eigenvalue weighted by Gasteiger charge is 2.23. The first kappa shape index (κ1) is 15.4. The molecule has 0 radical (unpaired) electrons. The van der Waals surface area contributed by atoms with Gasteiger partial charge in [0.25, 0.3) is 0 Å². The number of aromatic hydroxyl groups is 1. The average molecular weight is 345 g/mol. The SMILES string of the molecule is Cc1nsc(C)c1-c1c(-c2ccc(O)cc2)c2ccccc2n1C#N. The monoisotopic (exact) mass is 345 g/mol. The number of aromatic nitrogens is 2. The van der Waals surface area contributed by atoms with Gasteiger partial charge in [0, 0.05) is 21.4 Å². The van der Waals surface area contributed by atoms with Gasteiger partial charge in [0.05, 0.1) is 16.9 Å². The molecule has 122 valence electrons. The summed E-state index contributed by atoms with van der Waals surface area (Å²) in [7, 11) is 0. The zero-order valence-electron chi connectivity index (χ0n) is 13.8. The fraction of sp³-hybridized carbons (Fsp3) is 0.100. The second-order valence-electron chi connectivity index (χ2n) is 5.92. The molecular weight excluding hydrogens is 330 g/mol. The van der Waals surface area contributed by atoms with Crippen LogP contribution in [0.5, 0.6) is 5.75 Å². The third-order valence-electron chi connectivity index (χ3n) is 4.40. The maximum absolute atomic E-state index is 9.86. The number of hydrogen-bond acceptors (Lipinski definition) is 4. The van der Waals surface area contributed by atoms with E-state index in [9.17, 15) is 10.4 Å². The van der Waals surface area contributed by atoms with Crippen molar-refractivity contribution in [3.8, 4) is 34.3 Å². The molecule has 4 nitrogen and oxygen atoms in total. The topological polar surface area (TPSA) is 61.8 Å². The highest BCUT2D eigenvalue weighted by molar-refractivity contribution is 7.06. The van der Waals surface area contributed by atoms with E-state index in [1.54, 1.807) is 16.7 Å². The summed E-state index contributed by atoms with van der Waals surface area (Å²) in [6.45, 7) is 4.00. The van der Waals surface area contributed by atoms with Gasteiger partial charge in [-0.3, -0.25) is 0 Å². The summed E-state index contributed by atoms with van der Waals surface area (Å²) >= 11 is 1.45. The number of benzene rings is 2. The number of hydrogen-bond donors (Lipinski definition) is 1. The van der Waals surface area contributed by atoms with Crippen LogP contribution in [0, 0.1) is 25.3 Å². The molecule has 4 rings (SSSR count). The van der Waals surface area contributed by atoms with Gasteiger partial charge in [-0.05, 0) is 49.1 Å². The van der Waals surface area contributed by atoms with E-state index in [0.29, 0.717) is 0 Å². The zero-order chi connectivity index (χ0) is 17.6. The Bertz CT molecular complexity index is 1110. The van der Waals surface area contributed by atoms with Gasteiger partial charge in [0.15, 0.2) is 6.19 Å². The molecule has 5 heteroatoms. The summed E-state index contributed by atoms with van der Waals surface area (Å²) in [6.07, 6.45) is 2.33. The van der Waals surface area contributed by atoms with Crippen LogP contribution in [0.1, 0.15) is 10.6 Å². The minimum atomic E-state index is 0.221. The first-order chi connectivity index (χ1) is 12.1. The van der Waals surface area contributed by atoms with Crippen molar-refractivity contribution < 1.29 is 5.11 Å². The highest BCUT2D eigenvalue weighted by atomic mass is 32.1. The third-order valence-corrected chi connectivity index (χ3v) is 5.24. The molecule has 2 heterocycles. The predicted octanol–water partition coefficient (Wildman–Crippen LogP) is 5.08. The van der Waals surface area contributed by atoms with Crippen molar-refractivity contribution in [2.45, 2.75) is 13.8 Å². The molecule has 0 atom stereocenters. The molecule has 0 saturated carbocycles. The smallest absolute Gasteiger partial charge is 0.189 e. The van der Waals surface area contributed by atoms with Gasteiger partial charge in [-0.15, -0.1) is 0 Å². The highest BCUT2D eigenvalue weighted by Crippen LogP contribution is 2.43. The Labute approximate surface area is 149 Å². The van der Waals surface area contributed by atoms with Gasteiger partial charge in [0.1, 0.15) is 5.75 Å². The summed E-state index contributed by atoms with van der Waals surface area (Å²) in [5.41, 5.74) is 5.60. The van der Waals surface area contributed by atoms with Crippen LogP contribution in [-0.2, 0) is 0 Å². The maximum atomic E-state index is 9.86. The van der Waals surface area contributed by atoms with Gasteiger partial charge < -0.3 is 5.11 Å². The molecule has 0 spiro atoms. The van der Waals surface area contributed by atoms with Crippen molar-refractivity contribution in [2.24, 2.45) is 0 Å².